The van der Waals surface area contributed by atoms with Crippen LogP contribution in [0.15, 0.2) is 0 Å². The van der Waals surface area contributed by atoms with Gasteiger partial charge in [0.25, 0.3) is 10.2 Å². The van der Waals surface area contributed by atoms with E-state index in [-0.39, 0.29) is 5.41 Å². The van der Waals surface area contributed by atoms with E-state index in [0.29, 0.717) is 19.6 Å². The smallest absolute Gasteiger partial charge is 0.281 e. The lowest BCUT2D eigenvalue weighted by Gasteiger charge is -2.32. The van der Waals surface area contributed by atoms with Crippen molar-refractivity contribution in [3.8, 4) is 0 Å². The highest BCUT2D eigenvalue weighted by molar-refractivity contribution is 7.86. The largest absolute Gasteiger partial charge is 0.306 e. The van der Waals surface area contributed by atoms with Gasteiger partial charge in [0.05, 0.1) is 0 Å². The highest BCUT2D eigenvalue weighted by atomic mass is 32.2. The second kappa shape index (κ2) is 6.30. The molecule has 0 aliphatic carbocycles. The average Bonchev–Trinajstić information content (AvgIpc) is 2.60. The van der Waals surface area contributed by atoms with Crippen molar-refractivity contribution >= 4 is 10.2 Å². The minimum Gasteiger partial charge on any atom is -0.306 e. The minimum absolute atomic E-state index is 0.0857. The van der Waals surface area contributed by atoms with Gasteiger partial charge in [-0.3, -0.25) is 0 Å². The lowest BCUT2D eigenvalue weighted by Crippen LogP contribution is -2.46. The van der Waals surface area contributed by atoms with Crippen molar-refractivity contribution in [2.75, 3.05) is 46.8 Å². The van der Waals surface area contributed by atoms with Crippen molar-refractivity contribution < 1.29 is 8.42 Å². The maximum atomic E-state index is 12.7. The van der Waals surface area contributed by atoms with Gasteiger partial charge in [0.2, 0.25) is 0 Å². The Morgan fingerprint density at radius 3 is 2.20 bits per heavy atom. The molecule has 2 rings (SSSR count). The van der Waals surface area contributed by atoms with Gasteiger partial charge in [0.1, 0.15) is 0 Å². The zero-order chi connectivity index (χ0) is 14.8. The summed E-state index contributed by atoms with van der Waals surface area (Å²) in [6, 6.07) is 0. The lowest BCUT2D eigenvalue weighted by atomic mass is 9.90. The average molecular weight is 303 g/mol. The Kier molecular flexibility index (Phi) is 5.10. The first kappa shape index (κ1) is 16.2. The molecule has 0 radical (unpaired) electrons. The van der Waals surface area contributed by atoms with E-state index in [9.17, 15) is 8.42 Å². The maximum absolute atomic E-state index is 12.7. The van der Waals surface area contributed by atoms with Crippen LogP contribution in [0.1, 0.15) is 39.0 Å². The molecule has 2 saturated heterocycles. The highest BCUT2D eigenvalue weighted by Crippen LogP contribution is 2.30. The molecule has 0 amide bonds. The Morgan fingerprint density at radius 2 is 1.70 bits per heavy atom. The summed E-state index contributed by atoms with van der Waals surface area (Å²) in [5, 5.41) is 0. The molecule has 0 spiro atoms. The first-order valence-electron chi connectivity index (χ1n) is 7.73. The molecule has 2 aliphatic rings. The van der Waals surface area contributed by atoms with E-state index in [4.69, 9.17) is 0 Å². The van der Waals surface area contributed by atoms with Crippen LogP contribution in [0.25, 0.3) is 0 Å². The van der Waals surface area contributed by atoms with E-state index in [1.807, 2.05) is 0 Å². The molecule has 118 valence electrons. The molecule has 0 N–H and O–H groups in total. The SMILES string of the molecule is CN1CCC(C)(CN(C)S(=O)(=O)N2CCCCCC2)C1. The minimum atomic E-state index is -3.28. The number of hydrogen-bond acceptors (Lipinski definition) is 3. The third-order valence-corrected chi connectivity index (χ3v) is 6.57. The third-order valence-electron chi connectivity index (χ3n) is 4.64. The fourth-order valence-electron chi connectivity index (χ4n) is 3.49. The number of nitrogens with zero attached hydrogens (tertiary/aromatic N) is 3. The van der Waals surface area contributed by atoms with Gasteiger partial charge in [-0.05, 0) is 38.3 Å². The normalized spacial score (nSPS) is 30.8. The molecule has 0 aromatic carbocycles. The predicted octanol–water partition coefficient (Wildman–Crippen LogP) is 1.38. The van der Waals surface area contributed by atoms with Crippen molar-refractivity contribution in [1.82, 2.24) is 13.5 Å². The molecule has 0 saturated carbocycles. The molecule has 1 atom stereocenters. The Bertz CT molecular complexity index is 418. The van der Waals surface area contributed by atoms with Crippen molar-refractivity contribution in [2.45, 2.75) is 39.0 Å². The van der Waals surface area contributed by atoms with Crippen LogP contribution >= 0.6 is 0 Å². The monoisotopic (exact) mass is 303 g/mol. The standard InChI is InChI=1S/C14H29N3O2S/c1-14(8-11-15(2)12-14)13-16(3)20(18,19)17-9-6-4-5-7-10-17/h4-13H2,1-3H3. The van der Waals surface area contributed by atoms with E-state index in [0.717, 1.165) is 45.2 Å². The topological polar surface area (TPSA) is 43.9 Å². The van der Waals surface area contributed by atoms with Crippen LogP contribution in [0.2, 0.25) is 0 Å². The number of likely N-dealkylation sites (tertiary alicyclic amines) is 1. The maximum Gasteiger partial charge on any atom is 0.281 e. The van der Waals surface area contributed by atoms with Gasteiger partial charge >= 0.3 is 0 Å². The second-order valence-electron chi connectivity index (χ2n) is 6.88. The summed E-state index contributed by atoms with van der Waals surface area (Å²) in [6.07, 6.45) is 5.36. The fourth-order valence-corrected chi connectivity index (χ4v) is 5.08. The summed E-state index contributed by atoms with van der Waals surface area (Å²) in [7, 11) is 0.565. The molecule has 1 unspecified atom stereocenters. The molecule has 0 aromatic rings. The third kappa shape index (κ3) is 3.72. The molecule has 0 aromatic heterocycles. The summed E-state index contributed by atoms with van der Waals surface area (Å²) in [6.45, 7) is 6.23. The van der Waals surface area contributed by atoms with Gasteiger partial charge < -0.3 is 4.90 Å². The lowest BCUT2D eigenvalue weighted by molar-refractivity contribution is 0.244. The van der Waals surface area contributed by atoms with Crippen molar-refractivity contribution in [3.05, 3.63) is 0 Å². The van der Waals surface area contributed by atoms with E-state index in [2.05, 4.69) is 18.9 Å². The number of hydrogen-bond donors (Lipinski definition) is 0. The van der Waals surface area contributed by atoms with Crippen molar-refractivity contribution in [3.63, 3.8) is 0 Å². The molecular formula is C14H29N3O2S. The van der Waals surface area contributed by atoms with Crippen LogP contribution in [0.5, 0.6) is 0 Å². The predicted molar refractivity (Wildman–Crippen MR) is 81.8 cm³/mol. The summed E-state index contributed by atoms with van der Waals surface area (Å²) >= 11 is 0. The summed E-state index contributed by atoms with van der Waals surface area (Å²) < 4.78 is 28.6. The Hall–Kier alpha value is -0.170. The van der Waals surface area contributed by atoms with Gasteiger partial charge in [0, 0.05) is 33.2 Å². The Labute approximate surface area is 124 Å². The van der Waals surface area contributed by atoms with Gasteiger partial charge in [-0.15, -0.1) is 0 Å². The molecule has 5 nitrogen and oxygen atoms in total. The van der Waals surface area contributed by atoms with E-state index in [1.165, 1.54) is 0 Å². The first-order chi connectivity index (χ1) is 9.33. The zero-order valence-corrected chi connectivity index (χ0v) is 14.0. The molecular weight excluding hydrogens is 274 g/mol. The number of rotatable bonds is 4. The van der Waals surface area contributed by atoms with Gasteiger partial charge in [-0.2, -0.15) is 17.0 Å². The van der Waals surface area contributed by atoms with Crippen LogP contribution in [-0.4, -0.2) is 68.7 Å². The quantitative estimate of drug-likeness (QED) is 0.788. The van der Waals surface area contributed by atoms with E-state index < -0.39 is 10.2 Å². The summed E-state index contributed by atoms with van der Waals surface area (Å²) in [5.41, 5.74) is 0.0857. The van der Waals surface area contributed by atoms with E-state index >= 15 is 0 Å². The first-order valence-corrected chi connectivity index (χ1v) is 9.13. The molecule has 2 heterocycles. The van der Waals surface area contributed by atoms with Crippen molar-refractivity contribution in [1.29, 1.82) is 0 Å². The summed E-state index contributed by atoms with van der Waals surface area (Å²) in [5.74, 6) is 0. The van der Waals surface area contributed by atoms with Crippen LogP contribution < -0.4 is 0 Å². The molecule has 0 bridgehead atoms. The molecule has 2 fully saturated rings. The Morgan fingerprint density at radius 1 is 1.10 bits per heavy atom. The van der Waals surface area contributed by atoms with E-state index in [1.54, 1.807) is 15.7 Å². The molecule has 20 heavy (non-hydrogen) atoms. The summed E-state index contributed by atoms with van der Waals surface area (Å²) in [4.78, 5) is 2.28. The molecule has 2 aliphatic heterocycles. The van der Waals surface area contributed by atoms with Gasteiger partial charge in [-0.1, -0.05) is 19.8 Å². The van der Waals surface area contributed by atoms with Crippen LogP contribution in [0.4, 0.5) is 0 Å². The van der Waals surface area contributed by atoms with Crippen LogP contribution in [0.3, 0.4) is 0 Å². The van der Waals surface area contributed by atoms with Gasteiger partial charge in [0.15, 0.2) is 0 Å². The van der Waals surface area contributed by atoms with Crippen molar-refractivity contribution in [2.24, 2.45) is 5.41 Å². The molecule has 6 heteroatoms. The highest BCUT2D eigenvalue weighted by Gasteiger charge is 2.37. The van der Waals surface area contributed by atoms with Crippen LogP contribution in [0, 0.1) is 5.41 Å². The fraction of sp³-hybridized carbons (Fsp3) is 1.00. The van der Waals surface area contributed by atoms with Crippen LogP contribution in [-0.2, 0) is 10.2 Å². The van der Waals surface area contributed by atoms with Gasteiger partial charge in [-0.25, -0.2) is 0 Å². The zero-order valence-electron chi connectivity index (χ0n) is 13.1. The Balaban J connectivity index is 2.01. The second-order valence-corrected chi connectivity index (χ2v) is 8.91.